The highest BCUT2D eigenvalue weighted by Crippen LogP contribution is 2.30. The third-order valence-corrected chi connectivity index (χ3v) is 8.13. The predicted octanol–water partition coefficient (Wildman–Crippen LogP) is 3.50. The summed E-state index contributed by atoms with van der Waals surface area (Å²) < 4.78 is 32.4. The summed E-state index contributed by atoms with van der Waals surface area (Å²) in [5, 5.41) is 3.75. The molecule has 1 aliphatic heterocycles. The molecule has 0 aliphatic carbocycles. The van der Waals surface area contributed by atoms with E-state index < -0.39 is 10.0 Å². The number of halogens is 1. The molecular weight excluding hydrogens is 422 g/mol. The van der Waals surface area contributed by atoms with Gasteiger partial charge in [-0.25, -0.2) is 13.4 Å². The number of rotatable bonds is 5. The Labute approximate surface area is 173 Å². The van der Waals surface area contributed by atoms with Crippen LogP contribution in [0.1, 0.15) is 40.1 Å². The minimum absolute atomic E-state index is 0.0298. The number of carbonyl (C=O) groups excluding carboxylic acids is 1. The Balaban J connectivity index is 1.86. The Morgan fingerprint density at radius 1 is 1.32 bits per heavy atom. The quantitative estimate of drug-likeness (QED) is 0.763. The van der Waals surface area contributed by atoms with E-state index in [1.165, 1.54) is 27.8 Å². The highest BCUT2D eigenvalue weighted by atomic mass is 35.5. The number of ether oxygens (including phenoxy) is 1. The third-order valence-electron chi connectivity index (χ3n) is 4.29. The number of aryl methyl sites for hydroxylation is 1. The van der Waals surface area contributed by atoms with Crippen molar-refractivity contribution in [2.24, 2.45) is 0 Å². The van der Waals surface area contributed by atoms with Crippen molar-refractivity contribution < 1.29 is 17.9 Å². The Hall–Kier alpha value is -1.52. The van der Waals surface area contributed by atoms with Gasteiger partial charge in [-0.1, -0.05) is 25.4 Å². The first kappa shape index (κ1) is 21.2. The maximum absolute atomic E-state index is 12.9. The lowest BCUT2D eigenvalue weighted by Gasteiger charge is -2.26. The van der Waals surface area contributed by atoms with Gasteiger partial charge in [-0.05, 0) is 25.1 Å². The van der Waals surface area contributed by atoms with Crippen molar-refractivity contribution in [3.8, 4) is 0 Å². The first-order chi connectivity index (χ1) is 13.2. The van der Waals surface area contributed by atoms with Gasteiger partial charge in [-0.2, -0.15) is 4.31 Å². The van der Waals surface area contributed by atoms with Crippen LogP contribution >= 0.6 is 22.9 Å². The summed E-state index contributed by atoms with van der Waals surface area (Å²) in [6.45, 7) is 7.05. The highest BCUT2D eigenvalue weighted by molar-refractivity contribution is 7.89. The van der Waals surface area contributed by atoms with Gasteiger partial charge in [0.15, 0.2) is 0 Å². The van der Waals surface area contributed by atoms with Gasteiger partial charge < -0.3 is 10.1 Å². The Kier molecular flexibility index (Phi) is 6.41. The van der Waals surface area contributed by atoms with Crippen molar-refractivity contribution in [2.75, 3.05) is 31.6 Å². The number of amides is 1. The maximum Gasteiger partial charge on any atom is 0.267 e. The van der Waals surface area contributed by atoms with Crippen LogP contribution < -0.4 is 5.32 Å². The number of hydrogen-bond acceptors (Lipinski definition) is 6. The molecule has 0 bridgehead atoms. The van der Waals surface area contributed by atoms with E-state index in [-0.39, 0.29) is 34.8 Å². The van der Waals surface area contributed by atoms with Gasteiger partial charge in [0.2, 0.25) is 10.0 Å². The van der Waals surface area contributed by atoms with Gasteiger partial charge in [-0.3, -0.25) is 4.79 Å². The van der Waals surface area contributed by atoms with E-state index in [4.69, 9.17) is 16.3 Å². The minimum Gasteiger partial charge on any atom is -0.379 e. The molecule has 3 rings (SSSR count). The van der Waals surface area contributed by atoms with Crippen LogP contribution in [0.25, 0.3) is 0 Å². The minimum atomic E-state index is -3.77. The van der Waals surface area contributed by atoms with Crippen LogP contribution in [0.15, 0.2) is 23.1 Å². The fraction of sp³-hybridized carbons (Fsp3) is 0.444. The summed E-state index contributed by atoms with van der Waals surface area (Å²) in [5.41, 5.74) is 1.02. The number of anilines is 1. The first-order valence-electron chi connectivity index (χ1n) is 8.86. The predicted molar refractivity (Wildman–Crippen MR) is 110 cm³/mol. The molecule has 152 valence electrons. The van der Waals surface area contributed by atoms with E-state index in [1.807, 2.05) is 13.8 Å². The SMILES string of the molecule is Cc1nc(C(C)C)sc1C(=O)Nc1ccc(Cl)c(S(=O)(=O)N2CCOCC2)c1. The van der Waals surface area contributed by atoms with Crippen LogP contribution in [-0.4, -0.2) is 49.9 Å². The molecule has 1 saturated heterocycles. The second kappa shape index (κ2) is 8.46. The molecule has 10 heteroatoms. The molecule has 0 unspecified atom stereocenters. The zero-order valence-electron chi connectivity index (χ0n) is 15.9. The van der Waals surface area contributed by atoms with Gasteiger partial charge in [0.25, 0.3) is 5.91 Å². The van der Waals surface area contributed by atoms with Crippen molar-refractivity contribution in [1.82, 2.24) is 9.29 Å². The Morgan fingerprint density at radius 3 is 2.61 bits per heavy atom. The van der Waals surface area contributed by atoms with Crippen LogP contribution in [0, 0.1) is 6.92 Å². The smallest absolute Gasteiger partial charge is 0.267 e. The van der Waals surface area contributed by atoms with Crippen molar-refractivity contribution in [1.29, 1.82) is 0 Å². The van der Waals surface area contributed by atoms with Crippen molar-refractivity contribution >= 4 is 44.6 Å². The van der Waals surface area contributed by atoms with Gasteiger partial charge in [0, 0.05) is 24.7 Å². The molecule has 1 aromatic carbocycles. The van der Waals surface area contributed by atoms with E-state index in [1.54, 1.807) is 13.0 Å². The summed E-state index contributed by atoms with van der Waals surface area (Å²) in [6, 6.07) is 4.45. The molecule has 0 radical (unpaired) electrons. The Morgan fingerprint density at radius 2 is 2.00 bits per heavy atom. The molecular formula is C18H22ClN3O4S2. The summed E-state index contributed by atoms with van der Waals surface area (Å²) in [7, 11) is -3.77. The molecule has 1 aliphatic rings. The number of nitrogens with zero attached hydrogens (tertiary/aromatic N) is 2. The lowest BCUT2D eigenvalue weighted by Crippen LogP contribution is -2.40. The summed E-state index contributed by atoms with van der Waals surface area (Å²) >= 11 is 7.50. The molecule has 0 atom stereocenters. The highest BCUT2D eigenvalue weighted by Gasteiger charge is 2.29. The van der Waals surface area contributed by atoms with Crippen molar-refractivity contribution in [2.45, 2.75) is 31.6 Å². The third kappa shape index (κ3) is 4.38. The molecule has 7 nitrogen and oxygen atoms in total. The lowest BCUT2D eigenvalue weighted by atomic mass is 10.2. The summed E-state index contributed by atoms with van der Waals surface area (Å²) in [4.78, 5) is 17.6. The number of morpholine rings is 1. The van der Waals surface area contributed by atoms with Crippen LogP contribution in [-0.2, 0) is 14.8 Å². The molecule has 1 fully saturated rings. The second-order valence-corrected chi connectivity index (χ2v) is 10.1. The van der Waals surface area contributed by atoms with Gasteiger partial charge >= 0.3 is 0 Å². The van der Waals surface area contributed by atoms with Crippen LogP contribution in [0.3, 0.4) is 0 Å². The van der Waals surface area contributed by atoms with Gasteiger partial charge in [0.05, 0.1) is 28.9 Å². The molecule has 1 N–H and O–H groups in total. The number of thiazole rings is 1. The number of aromatic nitrogens is 1. The van der Waals surface area contributed by atoms with Gasteiger partial charge in [-0.15, -0.1) is 11.3 Å². The molecule has 1 aromatic heterocycles. The maximum atomic E-state index is 12.9. The number of sulfonamides is 1. The summed E-state index contributed by atoms with van der Waals surface area (Å²) in [6.07, 6.45) is 0. The normalized spacial score (nSPS) is 15.8. The average Bonchev–Trinajstić information content (AvgIpc) is 3.06. The largest absolute Gasteiger partial charge is 0.379 e. The van der Waals surface area contributed by atoms with Crippen LogP contribution in [0.2, 0.25) is 5.02 Å². The zero-order chi connectivity index (χ0) is 20.5. The van der Waals surface area contributed by atoms with Crippen molar-refractivity contribution in [3.05, 3.63) is 38.8 Å². The van der Waals surface area contributed by atoms with Crippen molar-refractivity contribution in [3.63, 3.8) is 0 Å². The Bertz CT molecular complexity index is 983. The monoisotopic (exact) mass is 443 g/mol. The van der Waals surface area contributed by atoms with Gasteiger partial charge in [0.1, 0.15) is 9.77 Å². The molecule has 0 saturated carbocycles. The average molecular weight is 444 g/mol. The standard InChI is InChI=1S/C18H22ClN3O4S2/c1-11(2)18-20-12(3)16(27-18)17(23)21-13-4-5-14(19)15(10-13)28(24,25)22-6-8-26-9-7-22/h4-5,10-11H,6-9H2,1-3H3,(H,21,23). The number of nitrogens with one attached hydrogen (secondary N) is 1. The fourth-order valence-corrected chi connectivity index (χ4v) is 5.64. The van der Waals surface area contributed by atoms with Crippen LogP contribution in [0.4, 0.5) is 5.69 Å². The van der Waals surface area contributed by atoms with Crippen LogP contribution in [0.5, 0.6) is 0 Å². The zero-order valence-corrected chi connectivity index (χ0v) is 18.2. The number of carbonyl (C=O) groups is 1. The topological polar surface area (TPSA) is 88.6 Å². The molecule has 2 heterocycles. The van der Waals surface area contributed by atoms with E-state index in [9.17, 15) is 13.2 Å². The fourth-order valence-electron chi connectivity index (χ4n) is 2.77. The second-order valence-electron chi connectivity index (χ2n) is 6.74. The first-order valence-corrected chi connectivity index (χ1v) is 11.5. The van der Waals surface area contributed by atoms with E-state index in [0.717, 1.165) is 5.01 Å². The molecule has 28 heavy (non-hydrogen) atoms. The van der Waals surface area contributed by atoms with E-state index >= 15 is 0 Å². The summed E-state index contributed by atoms with van der Waals surface area (Å²) in [5.74, 6) is -0.0926. The molecule has 1 amide bonds. The molecule has 2 aromatic rings. The molecule has 0 spiro atoms. The number of hydrogen-bond donors (Lipinski definition) is 1. The number of benzene rings is 1. The van der Waals surface area contributed by atoms with E-state index in [2.05, 4.69) is 10.3 Å². The van der Waals surface area contributed by atoms with E-state index in [0.29, 0.717) is 29.5 Å². The lowest BCUT2D eigenvalue weighted by molar-refractivity contribution is 0.0730.